The van der Waals surface area contributed by atoms with Gasteiger partial charge in [0.25, 0.3) is 5.56 Å². The second-order valence-corrected chi connectivity index (χ2v) is 5.38. The van der Waals surface area contributed by atoms with E-state index in [0.717, 1.165) is 0 Å². The van der Waals surface area contributed by atoms with Crippen molar-refractivity contribution in [2.75, 3.05) is 32.6 Å². The Bertz CT molecular complexity index is 813. The van der Waals surface area contributed by atoms with E-state index in [4.69, 9.17) is 0 Å². The average molecular weight is 332 g/mol. The molecule has 0 aliphatic heterocycles. The number of amides is 1. The van der Waals surface area contributed by atoms with E-state index in [1.165, 1.54) is 11.7 Å². The Kier molecular flexibility index (Phi) is 5.51. The first-order valence-electron chi connectivity index (χ1n) is 7.44. The van der Waals surface area contributed by atoms with Crippen LogP contribution in [-0.2, 0) is 20.9 Å². The summed E-state index contributed by atoms with van der Waals surface area (Å²) in [5, 5.41) is 2.45. The van der Waals surface area contributed by atoms with Crippen LogP contribution in [0, 0.1) is 0 Å². The van der Waals surface area contributed by atoms with Gasteiger partial charge in [-0.05, 0) is 12.1 Å². The lowest BCUT2D eigenvalue weighted by Crippen LogP contribution is -2.33. The predicted molar refractivity (Wildman–Crippen MR) is 90.0 cm³/mol. The van der Waals surface area contributed by atoms with Crippen LogP contribution < -0.4 is 15.8 Å². The Morgan fingerprint density at radius 1 is 1.29 bits per heavy atom. The van der Waals surface area contributed by atoms with E-state index < -0.39 is 5.97 Å². The highest BCUT2D eigenvalue weighted by molar-refractivity contribution is 5.82. The first-order chi connectivity index (χ1) is 11.4. The lowest BCUT2D eigenvalue weighted by molar-refractivity contribution is -0.141. The number of benzene rings is 1. The molecule has 0 atom stereocenters. The maximum atomic E-state index is 12.6. The minimum atomic E-state index is -0.523. The first-order valence-corrected chi connectivity index (χ1v) is 7.44. The van der Waals surface area contributed by atoms with Crippen molar-refractivity contribution in [3.63, 3.8) is 0 Å². The molecule has 24 heavy (non-hydrogen) atoms. The van der Waals surface area contributed by atoms with Crippen molar-refractivity contribution in [2.24, 2.45) is 0 Å². The molecule has 1 amide bonds. The molecule has 0 radical (unpaired) electrons. The number of para-hydroxylation sites is 2. The molecule has 8 nitrogen and oxygen atoms in total. The number of carbonyl (C=O) groups excluding carboxylic acids is 2. The van der Waals surface area contributed by atoms with Crippen molar-refractivity contribution in [1.82, 2.24) is 14.9 Å². The summed E-state index contributed by atoms with van der Waals surface area (Å²) in [6.07, 6.45) is 0.0672. The number of nitrogens with one attached hydrogen (secondary N) is 1. The molecule has 0 saturated heterocycles. The second kappa shape index (κ2) is 7.58. The topological polar surface area (TPSA) is 93.5 Å². The Hall–Kier alpha value is -2.90. The van der Waals surface area contributed by atoms with E-state index >= 15 is 0 Å². The van der Waals surface area contributed by atoms with Crippen LogP contribution in [0.2, 0.25) is 0 Å². The third kappa shape index (κ3) is 3.89. The van der Waals surface area contributed by atoms with Crippen molar-refractivity contribution >= 4 is 28.7 Å². The summed E-state index contributed by atoms with van der Waals surface area (Å²) in [4.78, 5) is 41.5. The number of rotatable bonds is 6. The molecular formula is C16H20N4O4. The molecule has 0 fully saturated rings. The minimum absolute atomic E-state index is 0.0672. The number of esters is 1. The zero-order chi connectivity index (χ0) is 17.7. The summed E-state index contributed by atoms with van der Waals surface area (Å²) < 4.78 is 5.98. The molecule has 0 saturated carbocycles. The monoisotopic (exact) mass is 332 g/mol. The van der Waals surface area contributed by atoms with E-state index in [1.807, 2.05) is 18.2 Å². The summed E-state index contributed by atoms with van der Waals surface area (Å²) in [5.41, 5.74) is 1.07. The number of nitrogens with zero attached hydrogens (tertiary/aromatic N) is 3. The summed E-state index contributed by atoms with van der Waals surface area (Å²) in [7, 11) is 4.73. The van der Waals surface area contributed by atoms with Gasteiger partial charge in [-0.25, -0.2) is 4.98 Å². The van der Waals surface area contributed by atoms with Gasteiger partial charge in [0.1, 0.15) is 6.54 Å². The molecule has 1 aromatic heterocycles. The number of hydrogen-bond donors (Lipinski definition) is 1. The van der Waals surface area contributed by atoms with Gasteiger partial charge in [0.05, 0.1) is 18.1 Å². The third-order valence-electron chi connectivity index (χ3n) is 3.48. The fraction of sp³-hybridized carbons (Fsp3) is 0.375. The van der Waals surface area contributed by atoms with E-state index in [1.54, 1.807) is 25.1 Å². The lowest BCUT2D eigenvalue weighted by Gasteiger charge is -2.16. The largest absolute Gasteiger partial charge is 0.468 e. The number of aryl methyl sites for hydroxylation is 1. The molecule has 128 valence electrons. The van der Waals surface area contributed by atoms with E-state index in [2.05, 4.69) is 15.0 Å². The fourth-order valence-corrected chi connectivity index (χ4v) is 2.24. The third-order valence-corrected chi connectivity index (χ3v) is 3.48. The molecule has 0 spiro atoms. The Balaban J connectivity index is 2.24. The van der Waals surface area contributed by atoms with Gasteiger partial charge in [-0.15, -0.1) is 0 Å². The zero-order valence-electron chi connectivity index (χ0n) is 13.9. The van der Waals surface area contributed by atoms with Crippen molar-refractivity contribution in [3.8, 4) is 0 Å². The van der Waals surface area contributed by atoms with Crippen LogP contribution in [0.25, 0.3) is 11.0 Å². The molecule has 2 aromatic rings. The van der Waals surface area contributed by atoms with Gasteiger partial charge in [-0.1, -0.05) is 12.1 Å². The normalized spacial score (nSPS) is 10.5. The lowest BCUT2D eigenvalue weighted by atomic mass is 10.2. The fourth-order valence-electron chi connectivity index (χ4n) is 2.24. The van der Waals surface area contributed by atoms with Crippen molar-refractivity contribution in [3.05, 3.63) is 34.6 Å². The van der Waals surface area contributed by atoms with Crippen molar-refractivity contribution in [1.29, 1.82) is 0 Å². The Labute approximate surface area is 139 Å². The van der Waals surface area contributed by atoms with Gasteiger partial charge in [0.15, 0.2) is 5.82 Å². The van der Waals surface area contributed by atoms with E-state index in [-0.39, 0.29) is 31.0 Å². The highest BCUT2D eigenvalue weighted by Gasteiger charge is 2.13. The zero-order valence-corrected chi connectivity index (χ0v) is 13.9. The standard InChI is InChI=1S/C16H20N4O4/c1-19(2)15-16(23)20(12-7-5-4-6-11(12)18-15)9-8-13(21)17-10-14(22)24-3/h4-7H,8-10H2,1-3H3,(H,17,21). The van der Waals surface area contributed by atoms with Gasteiger partial charge in [0.2, 0.25) is 5.91 Å². The number of aromatic nitrogens is 2. The number of fused-ring (bicyclic) bond motifs is 1. The average Bonchev–Trinajstić information content (AvgIpc) is 2.58. The molecule has 1 aromatic carbocycles. The molecule has 0 unspecified atom stereocenters. The van der Waals surface area contributed by atoms with Crippen molar-refractivity contribution in [2.45, 2.75) is 13.0 Å². The van der Waals surface area contributed by atoms with Crippen LogP contribution in [-0.4, -0.2) is 49.2 Å². The summed E-state index contributed by atoms with van der Waals surface area (Å²) in [6.45, 7) is -0.0000144. The number of ether oxygens (including phenoxy) is 1. The highest BCUT2D eigenvalue weighted by Crippen LogP contribution is 2.13. The quantitative estimate of drug-likeness (QED) is 0.757. The SMILES string of the molecule is COC(=O)CNC(=O)CCn1c(=O)c(N(C)C)nc2ccccc21. The first kappa shape index (κ1) is 17.5. The van der Waals surface area contributed by atoms with Gasteiger partial charge in [0, 0.05) is 27.1 Å². The van der Waals surface area contributed by atoms with Gasteiger partial charge >= 0.3 is 5.97 Å². The van der Waals surface area contributed by atoms with Gasteiger partial charge in [-0.3, -0.25) is 14.4 Å². The number of methoxy groups -OCH3 is 1. The minimum Gasteiger partial charge on any atom is -0.468 e. The molecule has 1 N–H and O–H groups in total. The predicted octanol–water partition coefficient (Wildman–Crippen LogP) is 0.142. The van der Waals surface area contributed by atoms with Crippen LogP contribution in [0.15, 0.2) is 29.1 Å². The van der Waals surface area contributed by atoms with E-state index in [9.17, 15) is 14.4 Å². The Morgan fingerprint density at radius 3 is 2.67 bits per heavy atom. The maximum Gasteiger partial charge on any atom is 0.325 e. The van der Waals surface area contributed by atoms with Gasteiger partial charge < -0.3 is 19.5 Å². The van der Waals surface area contributed by atoms with Crippen LogP contribution in [0.3, 0.4) is 0 Å². The molecule has 0 aliphatic carbocycles. The van der Waals surface area contributed by atoms with Crippen LogP contribution >= 0.6 is 0 Å². The van der Waals surface area contributed by atoms with Crippen LogP contribution in [0.1, 0.15) is 6.42 Å². The molecule has 8 heteroatoms. The number of hydrogen-bond acceptors (Lipinski definition) is 6. The molecule has 1 heterocycles. The summed E-state index contributed by atoms with van der Waals surface area (Å²) >= 11 is 0. The smallest absolute Gasteiger partial charge is 0.325 e. The number of anilines is 1. The summed E-state index contributed by atoms with van der Waals surface area (Å²) in [5.74, 6) is -0.548. The molecule has 2 rings (SSSR count). The maximum absolute atomic E-state index is 12.6. The van der Waals surface area contributed by atoms with Gasteiger partial charge in [-0.2, -0.15) is 0 Å². The van der Waals surface area contributed by atoms with Crippen molar-refractivity contribution < 1.29 is 14.3 Å². The molecule has 0 aliphatic rings. The van der Waals surface area contributed by atoms with Crippen LogP contribution in [0.5, 0.6) is 0 Å². The second-order valence-electron chi connectivity index (χ2n) is 5.38. The molecular weight excluding hydrogens is 312 g/mol. The van der Waals surface area contributed by atoms with E-state index in [0.29, 0.717) is 16.9 Å². The number of carbonyl (C=O) groups is 2. The van der Waals surface area contributed by atoms with Crippen LogP contribution in [0.4, 0.5) is 5.82 Å². The molecule has 0 bridgehead atoms. The Morgan fingerprint density at radius 2 is 2.00 bits per heavy atom. The summed E-state index contributed by atoms with van der Waals surface area (Å²) in [6, 6.07) is 7.25. The highest BCUT2D eigenvalue weighted by atomic mass is 16.5.